The fraction of sp³-hybridized carbons (Fsp3) is 0.682. The van der Waals surface area contributed by atoms with Crippen LogP contribution in [0.15, 0.2) is 29.3 Å². The Morgan fingerprint density at radius 2 is 2.00 bits per heavy atom. The summed E-state index contributed by atoms with van der Waals surface area (Å²) in [6, 6.07) is 8.72. The monoisotopic (exact) mass is 517 g/mol. The van der Waals surface area contributed by atoms with E-state index in [9.17, 15) is 0 Å². The van der Waals surface area contributed by atoms with Crippen LogP contribution < -0.4 is 10.6 Å². The smallest absolute Gasteiger partial charge is 0.190 e. The second-order valence-electron chi connectivity index (χ2n) is 7.69. The van der Waals surface area contributed by atoms with Gasteiger partial charge in [-0.1, -0.05) is 29.8 Å². The second kappa shape index (κ2) is 13.4. The third-order valence-corrected chi connectivity index (χ3v) is 5.46. The van der Waals surface area contributed by atoms with Crippen LogP contribution >= 0.6 is 24.0 Å². The summed E-state index contributed by atoms with van der Waals surface area (Å²) in [7, 11) is 1.82. The molecule has 3 atom stereocenters. The molecule has 2 aliphatic heterocycles. The van der Waals surface area contributed by atoms with E-state index < -0.39 is 0 Å². The zero-order valence-corrected chi connectivity index (χ0v) is 20.0. The van der Waals surface area contributed by atoms with Gasteiger partial charge < -0.3 is 24.8 Å². The highest BCUT2D eigenvalue weighted by Crippen LogP contribution is 2.33. The number of guanidine groups is 1. The maximum atomic E-state index is 6.12. The number of ether oxygens (including phenoxy) is 3. The van der Waals surface area contributed by atoms with Crippen LogP contribution in [0.3, 0.4) is 0 Å². The van der Waals surface area contributed by atoms with E-state index in [0.29, 0.717) is 5.92 Å². The molecule has 0 aromatic heterocycles. The van der Waals surface area contributed by atoms with Gasteiger partial charge in [-0.15, -0.1) is 24.0 Å². The quantitative estimate of drug-likeness (QED) is 0.240. The van der Waals surface area contributed by atoms with Crippen molar-refractivity contribution in [1.29, 1.82) is 0 Å². The van der Waals surface area contributed by atoms with Crippen molar-refractivity contribution in [3.05, 3.63) is 35.4 Å². The molecule has 2 fully saturated rings. The van der Waals surface area contributed by atoms with E-state index in [2.05, 4.69) is 46.8 Å². The standard InChI is InChI=1S/C22H35N3O3.HI/c1-17-6-8-18(9-7-17)21-19(5-3-12-28-21)15-25-22(23-2)24-11-4-13-27-20-10-14-26-16-20;/h6-9,19-21H,3-5,10-16H2,1-2H3,(H2,23,24,25);1H. The Balaban J connectivity index is 0.00000300. The average Bonchev–Trinajstić information content (AvgIpc) is 3.24. The van der Waals surface area contributed by atoms with Gasteiger partial charge in [-0.05, 0) is 38.2 Å². The predicted octanol–water partition coefficient (Wildman–Crippen LogP) is 3.44. The Labute approximate surface area is 192 Å². The molecular weight excluding hydrogens is 481 g/mol. The third kappa shape index (κ3) is 8.03. The van der Waals surface area contributed by atoms with E-state index in [1.165, 1.54) is 17.5 Å². The van der Waals surface area contributed by atoms with Gasteiger partial charge in [0.2, 0.25) is 0 Å². The van der Waals surface area contributed by atoms with Gasteiger partial charge in [-0.3, -0.25) is 4.99 Å². The number of aliphatic imine (C=N–C) groups is 1. The minimum absolute atomic E-state index is 0. The van der Waals surface area contributed by atoms with Gasteiger partial charge in [0.25, 0.3) is 0 Å². The molecule has 2 saturated heterocycles. The fourth-order valence-electron chi connectivity index (χ4n) is 3.80. The highest BCUT2D eigenvalue weighted by atomic mass is 127. The van der Waals surface area contributed by atoms with E-state index in [-0.39, 0.29) is 36.2 Å². The molecule has 0 amide bonds. The highest BCUT2D eigenvalue weighted by molar-refractivity contribution is 14.0. The fourth-order valence-corrected chi connectivity index (χ4v) is 3.80. The molecule has 2 N–H and O–H groups in total. The van der Waals surface area contributed by atoms with Crippen molar-refractivity contribution in [2.75, 3.05) is 46.6 Å². The molecule has 6 nitrogen and oxygen atoms in total. The Bertz CT molecular complexity index is 606. The topological polar surface area (TPSA) is 64.1 Å². The second-order valence-corrected chi connectivity index (χ2v) is 7.69. The molecule has 0 aliphatic carbocycles. The minimum atomic E-state index is 0. The van der Waals surface area contributed by atoms with E-state index in [0.717, 1.165) is 64.7 Å². The summed E-state index contributed by atoms with van der Waals surface area (Å²) in [5, 5.41) is 6.86. The van der Waals surface area contributed by atoms with Gasteiger partial charge in [0.15, 0.2) is 5.96 Å². The van der Waals surface area contributed by atoms with Crippen LogP contribution in [0.5, 0.6) is 0 Å². The molecule has 0 spiro atoms. The van der Waals surface area contributed by atoms with Crippen molar-refractivity contribution in [3.63, 3.8) is 0 Å². The number of nitrogens with zero attached hydrogens (tertiary/aromatic N) is 1. The number of halogens is 1. The van der Waals surface area contributed by atoms with Crippen molar-refractivity contribution in [3.8, 4) is 0 Å². The summed E-state index contributed by atoms with van der Waals surface area (Å²) in [4.78, 5) is 4.35. The summed E-state index contributed by atoms with van der Waals surface area (Å²) in [6.07, 6.45) is 4.69. The Hall–Kier alpha value is -0.900. The van der Waals surface area contributed by atoms with Crippen molar-refractivity contribution < 1.29 is 14.2 Å². The first-order valence-electron chi connectivity index (χ1n) is 10.6. The van der Waals surface area contributed by atoms with E-state index in [1.807, 2.05) is 7.05 Å². The number of hydrogen-bond donors (Lipinski definition) is 2. The third-order valence-electron chi connectivity index (χ3n) is 5.46. The zero-order chi connectivity index (χ0) is 19.6. The summed E-state index contributed by atoms with van der Waals surface area (Å²) in [5.74, 6) is 1.29. The molecule has 1 aromatic rings. The summed E-state index contributed by atoms with van der Waals surface area (Å²) in [6.45, 7) is 6.98. The number of aryl methyl sites for hydroxylation is 1. The molecule has 0 bridgehead atoms. The van der Waals surface area contributed by atoms with Gasteiger partial charge in [-0.25, -0.2) is 0 Å². The summed E-state index contributed by atoms with van der Waals surface area (Å²) >= 11 is 0. The number of hydrogen-bond acceptors (Lipinski definition) is 4. The maximum Gasteiger partial charge on any atom is 0.190 e. The molecule has 0 radical (unpaired) electrons. The van der Waals surface area contributed by atoms with Gasteiger partial charge in [-0.2, -0.15) is 0 Å². The molecule has 3 unspecified atom stereocenters. The molecule has 2 aliphatic rings. The van der Waals surface area contributed by atoms with Crippen LogP contribution in [0.25, 0.3) is 0 Å². The van der Waals surface area contributed by atoms with Crippen LogP contribution in [0.1, 0.15) is 42.9 Å². The lowest BCUT2D eigenvalue weighted by Crippen LogP contribution is -2.42. The first-order chi connectivity index (χ1) is 13.8. The predicted molar refractivity (Wildman–Crippen MR) is 127 cm³/mol. The van der Waals surface area contributed by atoms with Crippen LogP contribution in [0.4, 0.5) is 0 Å². The lowest BCUT2D eigenvalue weighted by Gasteiger charge is -2.32. The molecule has 2 heterocycles. The number of rotatable bonds is 8. The first kappa shape index (κ1) is 24.4. The van der Waals surface area contributed by atoms with Gasteiger partial charge >= 0.3 is 0 Å². The largest absolute Gasteiger partial charge is 0.379 e. The number of benzene rings is 1. The average molecular weight is 517 g/mol. The van der Waals surface area contributed by atoms with Crippen molar-refractivity contribution in [1.82, 2.24) is 10.6 Å². The molecule has 164 valence electrons. The SMILES string of the molecule is CN=C(NCCCOC1CCOC1)NCC1CCCOC1c1ccc(C)cc1.I. The molecule has 0 saturated carbocycles. The lowest BCUT2D eigenvalue weighted by molar-refractivity contribution is -0.0265. The number of nitrogens with one attached hydrogen (secondary N) is 2. The molecule has 1 aromatic carbocycles. The Kier molecular flexibility index (Phi) is 11.3. The molecule has 29 heavy (non-hydrogen) atoms. The van der Waals surface area contributed by atoms with Gasteiger partial charge in [0, 0.05) is 45.9 Å². The minimum Gasteiger partial charge on any atom is -0.379 e. The van der Waals surface area contributed by atoms with E-state index in [4.69, 9.17) is 14.2 Å². The van der Waals surface area contributed by atoms with Gasteiger partial charge in [0.1, 0.15) is 0 Å². The molecule has 7 heteroatoms. The van der Waals surface area contributed by atoms with Crippen LogP contribution in [-0.4, -0.2) is 58.6 Å². The van der Waals surface area contributed by atoms with Crippen molar-refractivity contribution >= 4 is 29.9 Å². The Morgan fingerprint density at radius 3 is 2.72 bits per heavy atom. The van der Waals surface area contributed by atoms with Crippen LogP contribution in [0, 0.1) is 12.8 Å². The zero-order valence-electron chi connectivity index (χ0n) is 17.7. The van der Waals surface area contributed by atoms with Crippen LogP contribution in [-0.2, 0) is 14.2 Å². The lowest BCUT2D eigenvalue weighted by atomic mass is 9.89. The Morgan fingerprint density at radius 1 is 1.17 bits per heavy atom. The molecular formula is C22H36IN3O3. The van der Waals surface area contributed by atoms with E-state index >= 15 is 0 Å². The van der Waals surface area contributed by atoms with Crippen molar-refractivity contribution in [2.24, 2.45) is 10.9 Å². The summed E-state index contributed by atoms with van der Waals surface area (Å²) in [5.41, 5.74) is 2.55. The first-order valence-corrected chi connectivity index (χ1v) is 10.6. The normalized spacial score (nSPS) is 24.8. The molecule has 3 rings (SSSR count). The van der Waals surface area contributed by atoms with Gasteiger partial charge in [0.05, 0.1) is 18.8 Å². The van der Waals surface area contributed by atoms with Crippen molar-refractivity contribution in [2.45, 2.75) is 44.8 Å². The summed E-state index contributed by atoms with van der Waals surface area (Å²) < 4.78 is 17.2. The maximum absolute atomic E-state index is 6.12. The van der Waals surface area contributed by atoms with Crippen LogP contribution in [0.2, 0.25) is 0 Å². The highest BCUT2D eigenvalue weighted by Gasteiger charge is 2.27. The van der Waals surface area contributed by atoms with E-state index in [1.54, 1.807) is 0 Å².